The van der Waals surface area contributed by atoms with E-state index in [1.165, 1.54) is 15.6 Å². The van der Waals surface area contributed by atoms with Crippen molar-refractivity contribution in [1.82, 2.24) is 24.5 Å². The first-order valence-electron chi connectivity index (χ1n) is 8.90. The van der Waals surface area contributed by atoms with Gasteiger partial charge in [0.25, 0.3) is 0 Å². The van der Waals surface area contributed by atoms with E-state index in [0.717, 1.165) is 13.0 Å². The Balaban J connectivity index is 0.000000271. The summed E-state index contributed by atoms with van der Waals surface area (Å²) >= 11 is 6.01. The predicted octanol–water partition coefficient (Wildman–Crippen LogP) is 2.85. The zero-order chi connectivity index (χ0) is 20.3. The molecule has 0 amide bonds. The average Bonchev–Trinajstić information content (AvgIpc) is 3.19. The van der Waals surface area contributed by atoms with Gasteiger partial charge in [0.2, 0.25) is 5.95 Å². The van der Waals surface area contributed by atoms with Crippen molar-refractivity contribution in [3.05, 3.63) is 17.2 Å². The first-order valence-corrected chi connectivity index (χ1v) is 9.28. The first kappa shape index (κ1) is 21.0. The minimum Gasteiger partial charge on any atom is -0.378 e. The third kappa shape index (κ3) is 5.42. The summed E-state index contributed by atoms with van der Waals surface area (Å²) in [7, 11) is 0. The second-order valence-electron chi connectivity index (χ2n) is 6.82. The van der Waals surface area contributed by atoms with E-state index in [1.807, 2.05) is 0 Å². The van der Waals surface area contributed by atoms with Crippen molar-refractivity contribution in [2.45, 2.75) is 37.5 Å². The molecule has 2 aliphatic rings. The van der Waals surface area contributed by atoms with Crippen LogP contribution >= 0.6 is 11.6 Å². The van der Waals surface area contributed by atoms with Crippen LogP contribution in [0.4, 0.5) is 23.5 Å². The van der Waals surface area contributed by atoms with Gasteiger partial charge in [0, 0.05) is 19.1 Å². The highest BCUT2D eigenvalue weighted by atomic mass is 35.5. The molecule has 0 bridgehead atoms. The van der Waals surface area contributed by atoms with E-state index < -0.39 is 18.9 Å². The van der Waals surface area contributed by atoms with Gasteiger partial charge >= 0.3 is 6.18 Å². The lowest BCUT2D eigenvalue weighted by Crippen LogP contribution is -2.32. The fraction of sp³-hybridized carbons (Fsp3) is 0.688. The molecule has 7 nitrogen and oxygen atoms in total. The molecule has 2 N–H and O–H groups in total. The Morgan fingerprint density at radius 1 is 1.32 bits per heavy atom. The number of halogens is 5. The second-order valence-corrected chi connectivity index (χ2v) is 7.18. The minimum atomic E-state index is -4.20. The molecule has 0 spiro atoms. The molecule has 2 aromatic heterocycles. The Bertz CT molecular complexity index is 795. The SMILES string of the molecule is FC1CCCOC1.Nc1ncc2c(Cl)nc(C3CCN(CC(F)(F)F)C3)n2n1. The Labute approximate surface area is 163 Å². The van der Waals surface area contributed by atoms with Crippen LogP contribution < -0.4 is 5.73 Å². The van der Waals surface area contributed by atoms with Gasteiger partial charge in [-0.3, -0.25) is 4.90 Å². The molecule has 2 aromatic rings. The molecular weight excluding hydrogens is 404 g/mol. The molecule has 2 aliphatic heterocycles. The third-order valence-electron chi connectivity index (χ3n) is 4.54. The Morgan fingerprint density at radius 2 is 2.11 bits per heavy atom. The van der Waals surface area contributed by atoms with Crippen molar-refractivity contribution in [2.24, 2.45) is 0 Å². The van der Waals surface area contributed by atoms with Crippen LogP contribution in [0.25, 0.3) is 5.52 Å². The van der Waals surface area contributed by atoms with Crippen molar-refractivity contribution >= 4 is 23.1 Å². The van der Waals surface area contributed by atoms with Crippen LogP contribution in [0.1, 0.15) is 31.0 Å². The molecular formula is C16H21ClF4N6O. The van der Waals surface area contributed by atoms with Gasteiger partial charge in [0.1, 0.15) is 17.5 Å². The van der Waals surface area contributed by atoms with Gasteiger partial charge in [-0.05, 0) is 25.8 Å². The average molecular weight is 425 g/mol. The molecule has 12 heteroatoms. The number of hydrogen-bond acceptors (Lipinski definition) is 6. The molecule has 0 aromatic carbocycles. The van der Waals surface area contributed by atoms with Crippen molar-refractivity contribution in [2.75, 3.05) is 38.6 Å². The lowest BCUT2D eigenvalue weighted by Gasteiger charge is -2.17. The molecule has 2 saturated heterocycles. The fourth-order valence-electron chi connectivity index (χ4n) is 3.29. The number of aromatic nitrogens is 4. The van der Waals surface area contributed by atoms with Crippen molar-refractivity contribution in [3.8, 4) is 0 Å². The van der Waals surface area contributed by atoms with Crippen molar-refractivity contribution in [3.63, 3.8) is 0 Å². The molecule has 2 unspecified atom stereocenters. The number of alkyl halides is 4. The number of imidazole rings is 1. The number of anilines is 1. The Morgan fingerprint density at radius 3 is 2.71 bits per heavy atom. The van der Waals surface area contributed by atoms with Crippen molar-refractivity contribution < 1.29 is 22.3 Å². The molecule has 2 atom stereocenters. The van der Waals surface area contributed by atoms with Crippen LogP contribution in [0.3, 0.4) is 0 Å². The fourth-order valence-corrected chi connectivity index (χ4v) is 3.51. The quantitative estimate of drug-likeness (QED) is 0.747. The molecule has 0 radical (unpaired) electrons. The molecule has 28 heavy (non-hydrogen) atoms. The molecule has 2 fully saturated rings. The molecule has 0 aliphatic carbocycles. The summed E-state index contributed by atoms with van der Waals surface area (Å²) in [6.45, 7) is 0.772. The van der Waals surface area contributed by atoms with Gasteiger partial charge in [-0.25, -0.2) is 18.9 Å². The highest BCUT2D eigenvalue weighted by molar-refractivity contribution is 6.32. The number of rotatable bonds is 2. The Hall–Kier alpha value is -1.72. The van der Waals surface area contributed by atoms with Crippen LogP contribution in [0.15, 0.2) is 6.20 Å². The van der Waals surface area contributed by atoms with Crippen molar-refractivity contribution in [1.29, 1.82) is 0 Å². The standard InChI is InChI=1S/C11H12ClF3N6.C5H9FO/c12-8-7-3-17-10(16)19-21(7)9(18-8)6-1-2-20(4-6)5-11(13,14)15;6-5-2-1-3-7-4-5/h3,6H,1-2,4-5H2,(H2,16,19);5H,1-4H2. The number of hydrogen-bond donors (Lipinski definition) is 1. The second kappa shape index (κ2) is 8.75. The third-order valence-corrected chi connectivity index (χ3v) is 4.81. The number of likely N-dealkylation sites (tertiary alicyclic amines) is 1. The summed E-state index contributed by atoms with van der Waals surface area (Å²) in [5, 5.41) is 4.26. The van der Waals surface area contributed by atoms with Crippen LogP contribution in [0, 0.1) is 0 Å². The highest BCUT2D eigenvalue weighted by Crippen LogP contribution is 2.31. The molecule has 4 heterocycles. The van der Waals surface area contributed by atoms with Gasteiger partial charge in [-0.1, -0.05) is 11.6 Å². The Kier molecular flexibility index (Phi) is 6.56. The summed E-state index contributed by atoms with van der Waals surface area (Å²) in [6, 6.07) is 0. The maximum absolute atomic E-state index is 12.4. The summed E-state index contributed by atoms with van der Waals surface area (Å²) in [4.78, 5) is 9.39. The zero-order valence-corrected chi connectivity index (χ0v) is 15.8. The van der Waals surface area contributed by atoms with E-state index in [9.17, 15) is 17.6 Å². The first-order chi connectivity index (χ1) is 13.2. The van der Waals surface area contributed by atoms with Crippen LogP contribution in [0.5, 0.6) is 0 Å². The summed E-state index contributed by atoms with van der Waals surface area (Å²) in [5.74, 6) is 0.415. The summed E-state index contributed by atoms with van der Waals surface area (Å²) in [5.41, 5.74) is 6.03. The van der Waals surface area contributed by atoms with Crippen LogP contribution in [-0.4, -0.2) is 69.7 Å². The van der Waals surface area contributed by atoms with Gasteiger partial charge in [0.15, 0.2) is 5.15 Å². The monoisotopic (exact) mass is 424 g/mol. The van der Waals surface area contributed by atoms with E-state index in [1.54, 1.807) is 0 Å². The molecule has 156 valence electrons. The maximum atomic E-state index is 12.4. The molecule has 4 rings (SSSR count). The predicted molar refractivity (Wildman–Crippen MR) is 95.0 cm³/mol. The number of ether oxygens (including phenoxy) is 1. The largest absolute Gasteiger partial charge is 0.401 e. The van der Waals surface area contributed by atoms with Gasteiger partial charge in [0.05, 0.1) is 19.3 Å². The normalized spacial score (nSPS) is 23.6. The van der Waals surface area contributed by atoms with E-state index in [0.29, 0.717) is 37.3 Å². The van der Waals surface area contributed by atoms with Crippen LogP contribution in [-0.2, 0) is 4.74 Å². The van der Waals surface area contributed by atoms with Gasteiger partial charge in [-0.2, -0.15) is 13.2 Å². The highest BCUT2D eigenvalue weighted by Gasteiger charge is 2.36. The minimum absolute atomic E-state index is 0.0583. The van der Waals surface area contributed by atoms with Gasteiger partial charge < -0.3 is 10.5 Å². The van der Waals surface area contributed by atoms with E-state index >= 15 is 0 Å². The van der Waals surface area contributed by atoms with Crippen LogP contribution in [0.2, 0.25) is 5.15 Å². The number of fused-ring (bicyclic) bond motifs is 1. The van der Waals surface area contributed by atoms with Gasteiger partial charge in [-0.15, -0.1) is 5.10 Å². The number of nitrogens with two attached hydrogens (primary N) is 1. The summed E-state index contributed by atoms with van der Waals surface area (Å²) < 4.78 is 55.6. The molecule has 0 saturated carbocycles. The topological polar surface area (TPSA) is 81.6 Å². The van der Waals surface area contributed by atoms with E-state index in [2.05, 4.69) is 15.1 Å². The zero-order valence-electron chi connectivity index (χ0n) is 15.0. The number of nitrogens with zero attached hydrogens (tertiary/aromatic N) is 5. The maximum Gasteiger partial charge on any atom is 0.401 e. The number of nitrogen functional groups attached to an aromatic ring is 1. The lowest BCUT2D eigenvalue weighted by atomic mass is 10.1. The van der Waals surface area contributed by atoms with E-state index in [-0.39, 0.29) is 23.6 Å². The smallest absolute Gasteiger partial charge is 0.378 e. The summed E-state index contributed by atoms with van der Waals surface area (Å²) in [6.07, 6.45) is -1.29. The lowest BCUT2D eigenvalue weighted by molar-refractivity contribution is -0.143. The van der Waals surface area contributed by atoms with E-state index in [4.69, 9.17) is 22.1 Å².